The van der Waals surface area contributed by atoms with Gasteiger partial charge in [-0.1, -0.05) is 22.0 Å². The van der Waals surface area contributed by atoms with Crippen LogP contribution >= 0.6 is 40.7 Å². The molecule has 2 aromatic heterocycles. The van der Waals surface area contributed by atoms with Crippen molar-refractivity contribution in [3.8, 4) is 11.3 Å². The van der Waals surface area contributed by atoms with Crippen LogP contribution in [-0.2, 0) is 6.54 Å². The SMILES string of the molecule is Cl.Cl.NCc1[nH]c2ccc(Br)cc2c1-c1ccccn1. The first-order chi connectivity index (χ1) is 8.79. The normalized spacial score (nSPS) is 9.90. The summed E-state index contributed by atoms with van der Waals surface area (Å²) in [6.07, 6.45) is 1.80. The summed E-state index contributed by atoms with van der Waals surface area (Å²) < 4.78 is 1.05. The van der Waals surface area contributed by atoms with Crippen molar-refractivity contribution >= 4 is 51.6 Å². The van der Waals surface area contributed by atoms with Gasteiger partial charge in [-0.25, -0.2) is 0 Å². The van der Waals surface area contributed by atoms with E-state index in [1.165, 1.54) is 0 Å². The summed E-state index contributed by atoms with van der Waals surface area (Å²) in [5.41, 5.74) is 9.96. The fourth-order valence-corrected chi connectivity index (χ4v) is 2.54. The van der Waals surface area contributed by atoms with Crippen LogP contribution in [-0.4, -0.2) is 9.97 Å². The van der Waals surface area contributed by atoms with E-state index >= 15 is 0 Å². The first kappa shape index (κ1) is 17.0. The third-order valence-corrected chi connectivity index (χ3v) is 3.46. The Morgan fingerprint density at radius 1 is 1.15 bits per heavy atom. The molecule has 0 radical (unpaired) electrons. The molecule has 0 bridgehead atoms. The third-order valence-electron chi connectivity index (χ3n) is 2.96. The second-order valence-corrected chi connectivity index (χ2v) is 5.00. The Morgan fingerprint density at radius 3 is 2.60 bits per heavy atom. The summed E-state index contributed by atoms with van der Waals surface area (Å²) >= 11 is 3.50. The molecule has 20 heavy (non-hydrogen) atoms. The molecule has 0 amide bonds. The van der Waals surface area contributed by atoms with Crippen LogP contribution < -0.4 is 5.73 Å². The van der Waals surface area contributed by atoms with Crippen LogP contribution in [0, 0.1) is 0 Å². The lowest BCUT2D eigenvalue weighted by molar-refractivity contribution is 1.02. The number of hydrogen-bond donors (Lipinski definition) is 2. The number of halogens is 3. The number of benzene rings is 1. The van der Waals surface area contributed by atoms with Crippen molar-refractivity contribution in [2.45, 2.75) is 6.54 Å². The molecule has 0 unspecified atom stereocenters. The summed E-state index contributed by atoms with van der Waals surface area (Å²) in [4.78, 5) is 7.77. The van der Waals surface area contributed by atoms with Crippen molar-refractivity contribution in [3.63, 3.8) is 0 Å². The highest BCUT2D eigenvalue weighted by molar-refractivity contribution is 9.10. The van der Waals surface area contributed by atoms with Crippen LogP contribution in [0.25, 0.3) is 22.2 Å². The number of nitrogens with two attached hydrogens (primary N) is 1. The van der Waals surface area contributed by atoms with E-state index in [4.69, 9.17) is 5.73 Å². The van der Waals surface area contributed by atoms with Crippen LogP contribution in [0.3, 0.4) is 0 Å². The van der Waals surface area contributed by atoms with Crippen LogP contribution in [0.5, 0.6) is 0 Å². The second kappa shape index (κ2) is 7.09. The van der Waals surface area contributed by atoms with Gasteiger partial charge in [0.15, 0.2) is 0 Å². The van der Waals surface area contributed by atoms with Gasteiger partial charge in [0.25, 0.3) is 0 Å². The molecule has 0 aliphatic rings. The van der Waals surface area contributed by atoms with Gasteiger partial charge in [-0.3, -0.25) is 4.98 Å². The molecule has 1 aromatic carbocycles. The van der Waals surface area contributed by atoms with E-state index in [2.05, 4.69) is 32.0 Å². The Bertz CT molecular complexity index is 698. The van der Waals surface area contributed by atoms with Crippen molar-refractivity contribution in [1.29, 1.82) is 0 Å². The van der Waals surface area contributed by atoms with Gasteiger partial charge in [-0.05, 0) is 30.3 Å². The molecule has 0 atom stereocenters. The summed E-state index contributed by atoms with van der Waals surface area (Å²) in [6, 6.07) is 12.1. The molecule has 106 valence electrons. The highest BCUT2D eigenvalue weighted by Crippen LogP contribution is 2.32. The van der Waals surface area contributed by atoms with Gasteiger partial charge in [0, 0.05) is 39.4 Å². The number of rotatable bonds is 2. The quantitative estimate of drug-likeness (QED) is 0.702. The van der Waals surface area contributed by atoms with Gasteiger partial charge in [0.05, 0.1) is 5.69 Å². The monoisotopic (exact) mass is 373 g/mol. The molecule has 6 heteroatoms. The summed E-state index contributed by atoms with van der Waals surface area (Å²) in [7, 11) is 0. The number of H-pyrrole nitrogens is 1. The molecular weight excluding hydrogens is 361 g/mol. The molecule has 0 saturated carbocycles. The van der Waals surface area contributed by atoms with Gasteiger partial charge < -0.3 is 10.7 Å². The lowest BCUT2D eigenvalue weighted by atomic mass is 10.1. The van der Waals surface area contributed by atoms with E-state index in [0.717, 1.165) is 32.3 Å². The van der Waals surface area contributed by atoms with E-state index in [1.54, 1.807) is 6.20 Å². The van der Waals surface area contributed by atoms with Gasteiger partial charge in [-0.15, -0.1) is 24.8 Å². The lowest BCUT2D eigenvalue weighted by Gasteiger charge is -2.02. The van der Waals surface area contributed by atoms with Gasteiger partial charge >= 0.3 is 0 Å². The van der Waals surface area contributed by atoms with Gasteiger partial charge in [-0.2, -0.15) is 0 Å². The topological polar surface area (TPSA) is 54.7 Å². The highest BCUT2D eigenvalue weighted by Gasteiger charge is 2.13. The van der Waals surface area contributed by atoms with Crippen molar-refractivity contribution in [2.75, 3.05) is 0 Å². The van der Waals surface area contributed by atoms with E-state index in [9.17, 15) is 0 Å². The zero-order valence-electron chi connectivity index (χ0n) is 10.5. The molecule has 3 nitrogen and oxygen atoms in total. The maximum Gasteiger partial charge on any atom is 0.0726 e. The minimum absolute atomic E-state index is 0. The Balaban J connectivity index is 0.000001000. The van der Waals surface area contributed by atoms with Gasteiger partial charge in [0.2, 0.25) is 0 Å². The number of aromatic amines is 1. The molecule has 0 fully saturated rings. The number of pyridine rings is 1. The lowest BCUT2D eigenvalue weighted by Crippen LogP contribution is -1.98. The molecule has 3 aromatic rings. The van der Waals surface area contributed by atoms with Crippen molar-refractivity contribution in [2.24, 2.45) is 5.73 Å². The third kappa shape index (κ3) is 2.99. The standard InChI is InChI=1S/C14H12BrN3.2ClH/c15-9-4-5-11-10(7-9)14(13(8-16)18-11)12-3-1-2-6-17-12;;/h1-7,18H,8,16H2;2*1H. The van der Waals surface area contributed by atoms with Crippen LogP contribution in [0.15, 0.2) is 47.1 Å². The van der Waals surface area contributed by atoms with E-state index in [-0.39, 0.29) is 24.8 Å². The maximum atomic E-state index is 5.82. The second-order valence-electron chi connectivity index (χ2n) is 4.09. The van der Waals surface area contributed by atoms with Crippen molar-refractivity contribution in [3.05, 3.63) is 52.8 Å². The number of aromatic nitrogens is 2. The number of fused-ring (bicyclic) bond motifs is 1. The average Bonchev–Trinajstić information content (AvgIpc) is 2.77. The van der Waals surface area contributed by atoms with Crippen LogP contribution in [0.2, 0.25) is 0 Å². The minimum atomic E-state index is 0. The molecular formula is C14H14BrCl2N3. The van der Waals surface area contributed by atoms with E-state index in [0.29, 0.717) is 6.54 Å². The Hall–Kier alpha value is -1.07. The molecule has 0 aliphatic heterocycles. The smallest absolute Gasteiger partial charge is 0.0726 e. The zero-order chi connectivity index (χ0) is 12.5. The highest BCUT2D eigenvalue weighted by atomic mass is 79.9. The van der Waals surface area contributed by atoms with Crippen molar-refractivity contribution < 1.29 is 0 Å². The Morgan fingerprint density at radius 2 is 1.95 bits per heavy atom. The summed E-state index contributed by atoms with van der Waals surface area (Å²) in [5.74, 6) is 0. The number of hydrogen-bond acceptors (Lipinski definition) is 2. The summed E-state index contributed by atoms with van der Waals surface area (Å²) in [5, 5.41) is 1.14. The molecule has 0 saturated heterocycles. The van der Waals surface area contributed by atoms with Crippen LogP contribution in [0.4, 0.5) is 0 Å². The first-order valence-electron chi connectivity index (χ1n) is 5.71. The first-order valence-corrected chi connectivity index (χ1v) is 6.50. The minimum Gasteiger partial charge on any atom is -0.357 e. The fourth-order valence-electron chi connectivity index (χ4n) is 2.18. The van der Waals surface area contributed by atoms with E-state index in [1.807, 2.05) is 30.3 Å². The molecule has 0 aliphatic carbocycles. The van der Waals surface area contributed by atoms with E-state index < -0.39 is 0 Å². The predicted octanol–water partition coefficient (Wildman–Crippen LogP) is 4.29. The molecule has 3 rings (SSSR count). The summed E-state index contributed by atoms with van der Waals surface area (Å²) in [6.45, 7) is 0.470. The fraction of sp³-hybridized carbons (Fsp3) is 0.0714. The average molecular weight is 375 g/mol. The van der Waals surface area contributed by atoms with Crippen molar-refractivity contribution in [1.82, 2.24) is 9.97 Å². The molecule has 0 spiro atoms. The molecule has 3 N–H and O–H groups in total. The largest absolute Gasteiger partial charge is 0.357 e. The maximum absolute atomic E-state index is 5.82. The predicted molar refractivity (Wildman–Crippen MR) is 91.6 cm³/mol. The number of nitrogens with zero attached hydrogens (tertiary/aromatic N) is 1. The Kier molecular flexibility index (Phi) is 6.02. The Labute approximate surface area is 137 Å². The van der Waals surface area contributed by atoms with Crippen LogP contribution in [0.1, 0.15) is 5.69 Å². The number of nitrogens with one attached hydrogen (secondary N) is 1. The molecule has 2 heterocycles. The zero-order valence-corrected chi connectivity index (χ0v) is 13.7. The van der Waals surface area contributed by atoms with Gasteiger partial charge in [0.1, 0.15) is 0 Å².